The Balaban J connectivity index is 2.79. The molecule has 0 bridgehead atoms. The molecule has 1 aromatic carbocycles. The van der Waals surface area contributed by atoms with Crippen molar-refractivity contribution in [3.8, 4) is 0 Å². The highest BCUT2D eigenvalue weighted by molar-refractivity contribution is 6.02. The summed E-state index contributed by atoms with van der Waals surface area (Å²) in [5.74, 6) is -0.906. The number of rotatable bonds is 1. The van der Waals surface area contributed by atoms with Gasteiger partial charge in [0.1, 0.15) is 0 Å². The molecular weight excluding hydrogens is 226 g/mol. The Bertz CT molecular complexity index is 624. The van der Waals surface area contributed by atoms with Gasteiger partial charge in [0, 0.05) is 11.1 Å². The molecule has 0 saturated heterocycles. The topological polar surface area (TPSA) is 50.2 Å². The van der Waals surface area contributed by atoms with E-state index in [1.165, 1.54) is 0 Å². The van der Waals surface area contributed by atoms with Gasteiger partial charge in [-0.1, -0.05) is 26.8 Å². The summed E-state index contributed by atoms with van der Waals surface area (Å²) in [5.41, 5.74) is 2.89. The summed E-state index contributed by atoms with van der Waals surface area (Å²) < 4.78 is 0. The summed E-state index contributed by atoms with van der Waals surface area (Å²) in [6.45, 7) is 8.13. The van der Waals surface area contributed by atoms with E-state index in [-0.39, 0.29) is 5.41 Å². The number of aromatic nitrogens is 1. The third-order valence-electron chi connectivity index (χ3n) is 3.03. The van der Waals surface area contributed by atoms with Gasteiger partial charge in [0.15, 0.2) is 0 Å². The zero-order chi connectivity index (χ0) is 13.5. The third kappa shape index (κ3) is 2.21. The summed E-state index contributed by atoms with van der Waals surface area (Å²) in [4.78, 5) is 15.7. The number of benzene rings is 1. The van der Waals surface area contributed by atoms with Crippen LogP contribution in [0.25, 0.3) is 10.9 Å². The molecule has 1 N–H and O–H groups in total. The van der Waals surface area contributed by atoms with Crippen LogP contribution in [0.5, 0.6) is 0 Å². The zero-order valence-corrected chi connectivity index (χ0v) is 11.1. The molecule has 0 saturated carbocycles. The van der Waals surface area contributed by atoms with Gasteiger partial charge in [-0.15, -0.1) is 0 Å². The van der Waals surface area contributed by atoms with Gasteiger partial charge in [0.25, 0.3) is 0 Å². The van der Waals surface area contributed by atoms with Crippen molar-refractivity contribution in [2.75, 3.05) is 0 Å². The van der Waals surface area contributed by atoms with Crippen molar-refractivity contribution >= 4 is 16.9 Å². The van der Waals surface area contributed by atoms with E-state index < -0.39 is 5.97 Å². The predicted molar refractivity (Wildman–Crippen MR) is 72.1 cm³/mol. The summed E-state index contributed by atoms with van der Waals surface area (Å²) in [6, 6.07) is 7.47. The lowest BCUT2D eigenvalue weighted by Crippen LogP contribution is -2.11. The second-order valence-corrected chi connectivity index (χ2v) is 5.60. The number of hydrogen-bond donors (Lipinski definition) is 1. The van der Waals surface area contributed by atoms with Gasteiger partial charge in [-0.05, 0) is 36.1 Å². The number of carboxylic acids is 1. The van der Waals surface area contributed by atoms with Crippen LogP contribution in [0.1, 0.15) is 42.4 Å². The first-order valence-corrected chi connectivity index (χ1v) is 5.94. The van der Waals surface area contributed by atoms with E-state index in [1.54, 1.807) is 6.07 Å². The number of carboxylic acid groups (broad SMARTS) is 1. The number of nitrogens with zero attached hydrogens (tertiary/aromatic N) is 1. The van der Waals surface area contributed by atoms with Gasteiger partial charge in [0.2, 0.25) is 0 Å². The van der Waals surface area contributed by atoms with Crippen molar-refractivity contribution in [3.05, 3.63) is 41.1 Å². The van der Waals surface area contributed by atoms with Crippen molar-refractivity contribution in [2.45, 2.75) is 33.1 Å². The number of hydrogen-bond acceptors (Lipinski definition) is 2. The highest BCUT2D eigenvalue weighted by Crippen LogP contribution is 2.27. The van der Waals surface area contributed by atoms with E-state index in [0.29, 0.717) is 10.9 Å². The Hall–Kier alpha value is -1.90. The second-order valence-electron chi connectivity index (χ2n) is 5.60. The monoisotopic (exact) mass is 243 g/mol. The van der Waals surface area contributed by atoms with Gasteiger partial charge >= 0.3 is 5.97 Å². The number of carbonyl (C=O) groups is 1. The molecule has 0 aliphatic carbocycles. The predicted octanol–water partition coefficient (Wildman–Crippen LogP) is 3.54. The van der Waals surface area contributed by atoms with Crippen LogP contribution in [0.3, 0.4) is 0 Å². The fourth-order valence-electron chi connectivity index (χ4n) is 2.00. The molecule has 2 rings (SSSR count). The Morgan fingerprint density at radius 3 is 2.44 bits per heavy atom. The zero-order valence-electron chi connectivity index (χ0n) is 11.1. The lowest BCUT2D eigenvalue weighted by atomic mass is 9.86. The highest BCUT2D eigenvalue weighted by atomic mass is 16.4. The molecular formula is C15H17NO2. The highest BCUT2D eigenvalue weighted by Gasteiger charge is 2.17. The largest absolute Gasteiger partial charge is 0.478 e. The van der Waals surface area contributed by atoms with Gasteiger partial charge in [0.05, 0.1) is 11.1 Å². The minimum Gasteiger partial charge on any atom is -0.478 e. The molecule has 94 valence electrons. The first-order chi connectivity index (χ1) is 8.29. The molecule has 3 heteroatoms. The molecule has 0 fully saturated rings. The van der Waals surface area contributed by atoms with E-state index >= 15 is 0 Å². The molecule has 1 heterocycles. The molecule has 0 unspecified atom stereocenters. The maximum atomic E-state index is 11.3. The minimum atomic E-state index is -0.906. The number of fused-ring (bicyclic) bond motifs is 1. The SMILES string of the molecule is Cc1cc(C(=O)O)c2cc(C(C)(C)C)ccc2n1. The van der Waals surface area contributed by atoms with E-state index in [1.807, 2.05) is 25.1 Å². The van der Waals surface area contributed by atoms with Crippen LogP contribution < -0.4 is 0 Å². The van der Waals surface area contributed by atoms with Crippen LogP contribution in [0.2, 0.25) is 0 Å². The van der Waals surface area contributed by atoms with Crippen LogP contribution in [0.15, 0.2) is 24.3 Å². The van der Waals surface area contributed by atoms with Gasteiger partial charge in [-0.25, -0.2) is 4.79 Å². The molecule has 0 amide bonds. The lowest BCUT2D eigenvalue weighted by molar-refractivity contribution is 0.0699. The number of aromatic carboxylic acids is 1. The summed E-state index contributed by atoms with van der Waals surface area (Å²) in [7, 11) is 0. The van der Waals surface area contributed by atoms with Crippen molar-refractivity contribution in [3.63, 3.8) is 0 Å². The molecule has 0 aliphatic heterocycles. The Morgan fingerprint density at radius 2 is 1.89 bits per heavy atom. The van der Waals surface area contributed by atoms with Crippen LogP contribution in [0.4, 0.5) is 0 Å². The van der Waals surface area contributed by atoms with E-state index in [9.17, 15) is 9.90 Å². The van der Waals surface area contributed by atoms with E-state index in [2.05, 4.69) is 25.8 Å². The van der Waals surface area contributed by atoms with Gasteiger partial charge in [-0.2, -0.15) is 0 Å². The van der Waals surface area contributed by atoms with E-state index in [0.717, 1.165) is 16.8 Å². The van der Waals surface area contributed by atoms with Crippen molar-refractivity contribution in [1.29, 1.82) is 0 Å². The van der Waals surface area contributed by atoms with Crippen molar-refractivity contribution in [2.24, 2.45) is 0 Å². The van der Waals surface area contributed by atoms with Gasteiger partial charge < -0.3 is 5.11 Å². The number of pyridine rings is 1. The van der Waals surface area contributed by atoms with E-state index in [4.69, 9.17) is 0 Å². The first-order valence-electron chi connectivity index (χ1n) is 5.94. The maximum absolute atomic E-state index is 11.3. The fraction of sp³-hybridized carbons (Fsp3) is 0.333. The van der Waals surface area contributed by atoms with Crippen LogP contribution in [-0.2, 0) is 5.41 Å². The third-order valence-corrected chi connectivity index (χ3v) is 3.03. The van der Waals surface area contributed by atoms with Gasteiger partial charge in [-0.3, -0.25) is 4.98 Å². The molecule has 18 heavy (non-hydrogen) atoms. The average molecular weight is 243 g/mol. The van der Waals surface area contributed by atoms with Crippen LogP contribution in [0, 0.1) is 6.92 Å². The summed E-state index contributed by atoms with van der Waals surface area (Å²) in [5, 5.41) is 9.98. The first kappa shape index (κ1) is 12.6. The van der Waals surface area contributed by atoms with Crippen LogP contribution >= 0.6 is 0 Å². The number of aryl methyl sites for hydroxylation is 1. The fourth-order valence-corrected chi connectivity index (χ4v) is 2.00. The molecule has 0 spiro atoms. The molecule has 0 aliphatic rings. The standard InChI is InChI=1S/C15H17NO2/c1-9-7-12(14(17)18)11-8-10(15(2,3)4)5-6-13(11)16-9/h5-8H,1-4H3,(H,17,18). The van der Waals surface area contributed by atoms with Crippen molar-refractivity contribution in [1.82, 2.24) is 4.98 Å². The summed E-state index contributed by atoms with van der Waals surface area (Å²) in [6.07, 6.45) is 0. The minimum absolute atomic E-state index is 0.00511. The Kier molecular flexibility index (Phi) is 2.85. The second kappa shape index (κ2) is 4.09. The molecule has 2 aromatic rings. The quantitative estimate of drug-likeness (QED) is 0.833. The molecule has 0 atom stereocenters. The summed E-state index contributed by atoms with van der Waals surface area (Å²) >= 11 is 0. The Labute approximate surface area is 106 Å². The van der Waals surface area contributed by atoms with Crippen molar-refractivity contribution < 1.29 is 9.90 Å². The molecule has 1 aromatic heterocycles. The molecule has 0 radical (unpaired) electrons. The smallest absolute Gasteiger partial charge is 0.336 e. The van der Waals surface area contributed by atoms with Crippen LogP contribution in [-0.4, -0.2) is 16.1 Å². The Morgan fingerprint density at radius 1 is 1.22 bits per heavy atom. The normalized spacial score (nSPS) is 11.8. The maximum Gasteiger partial charge on any atom is 0.336 e. The lowest BCUT2D eigenvalue weighted by Gasteiger charge is -2.19. The molecule has 3 nitrogen and oxygen atoms in total. The average Bonchev–Trinajstić information content (AvgIpc) is 2.25.